The maximum Gasteiger partial charge on any atom is 0.200 e. The normalized spacial score (nSPS) is 11.4. The van der Waals surface area contributed by atoms with Gasteiger partial charge in [0.05, 0.1) is 6.21 Å². The summed E-state index contributed by atoms with van der Waals surface area (Å²) in [5.41, 5.74) is 1.06. The van der Waals surface area contributed by atoms with Gasteiger partial charge in [0, 0.05) is 15.6 Å². The van der Waals surface area contributed by atoms with E-state index in [1.54, 1.807) is 23.6 Å². The van der Waals surface area contributed by atoms with Gasteiger partial charge in [-0.15, -0.1) is 0 Å². The van der Waals surface area contributed by atoms with Crippen LogP contribution in [0.15, 0.2) is 39.9 Å². The van der Waals surface area contributed by atoms with Gasteiger partial charge in [-0.25, -0.2) is 22.0 Å². The van der Waals surface area contributed by atoms with Gasteiger partial charge >= 0.3 is 0 Å². The van der Waals surface area contributed by atoms with Crippen LogP contribution in [0.3, 0.4) is 0 Å². The Balaban J connectivity index is 1.82. The van der Waals surface area contributed by atoms with Crippen LogP contribution in [0.1, 0.15) is 5.76 Å². The molecule has 3 rings (SSSR count). The highest BCUT2D eigenvalue weighted by Gasteiger charge is 2.25. The minimum Gasteiger partial charge on any atom is -0.455 e. The summed E-state index contributed by atoms with van der Waals surface area (Å²) >= 11 is 11.8. The lowest BCUT2D eigenvalue weighted by Gasteiger charge is -2.06. The van der Waals surface area contributed by atoms with Crippen LogP contribution < -0.4 is 5.43 Å². The molecule has 0 saturated heterocycles. The van der Waals surface area contributed by atoms with Crippen LogP contribution in [0.4, 0.5) is 27.6 Å². The molecule has 3 aromatic rings. The van der Waals surface area contributed by atoms with Gasteiger partial charge in [0.1, 0.15) is 17.2 Å². The van der Waals surface area contributed by atoms with Crippen molar-refractivity contribution in [1.29, 1.82) is 0 Å². The van der Waals surface area contributed by atoms with E-state index in [1.165, 1.54) is 12.1 Å². The summed E-state index contributed by atoms with van der Waals surface area (Å²) in [5.74, 6) is -9.96. The fraction of sp³-hybridized carbons (Fsp3) is 0. The largest absolute Gasteiger partial charge is 0.455 e. The summed E-state index contributed by atoms with van der Waals surface area (Å²) in [6.07, 6.45) is 0.994. The Labute approximate surface area is 159 Å². The van der Waals surface area contributed by atoms with E-state index in [0.717, 1.165) is 6.21 Å². The van der Waals surface area contributed by atoms with Gasteiger partial charge in [-0.1, -0.05) is 23.2 Å². The number of nitrogens with zero attached hydrogens (tertiary/aromatic N) is 1. The number of nitrogens with one attached hydrogen (secondary N) is 1. The van der Waals surface area contributed by atoms with Crippen molar-refractivity contribution in [3.8, 4) is 11.3 Å². The highest BCUT2D eigenvalue weighted by atomic mass is 35.5. The Morgan fingerprint density at radius 1 is 0.815 bits per heavy atom. The quantitative estimate of drug-likeness (QED) is 0.174. The molecule has 0 amide bonds. The van der Waals surface area contributed by atoms with Gasteiger partial charge in [0.25, 0.3) is 0 Å². The number of anilines is 1. The average molecular weight is 421 g/mol. The third kappa shape index (κ3) is 3.91. The lowest BCUT2D eigenvalue weighted by Crippen LogP contribution is -2.06. The number of benzene rings is 2. The second-order valence-electron chi connectivity index (χ2n) is 5.18. The molecule has 0 saturated carbocycles. The zero-order valence-electron chi connectivity index (χ0n) is 13.0. The molecule has 0 bridgehead atoms. The molecule has 0 fully saturated rings. The smallest absolute Gasteiger partial charge is 0.200 e. The minimum atomic E-state index is -2.25. The molecule has 140 valence electrons. The molecule has 1 heterocycles. The lowest BCUT2D eigenvalue weighted by atomic mass is 10.2. The summed E-state index contributed by atoms with van der Waals surface area (Å²) < 4.78 is 71.7. The van der Waals surface area contributed by atoms with Gasteiger partial charge in [-0.05, 0) is 30.3 Å². The van der Waals surface area contributed by atoms with Crippen LogP contribution in [0, 0.1) is 29.1 Å². The molecule has 10 heteroatoms. The maximum atomic E-state index is 13.5. The van der Waals surface area contributed by atoms with E-state index in [9.17, 15) is 22.0 Å². The SMILES string of the molecule is Fc1c(F)c(F)c(N/N=C\c2ccc(-c3cc(Cl)cc(Cl)c3)o2)c(F)c1F. The summed E-state index contributed by atoms with van der Waals surface area (Å²) in [6.45, 7) is 0. The van der Waals surface area contributed by atoms with Crippen LogP contribution in [-0.4, -0.2) is 6.21 Å². The van der Waals surface area contributed by atoms with Crippen molar-refractivity contribution in [2.75, 3.05) is 5.43 Å². The molecule has 1 N–H and O–H groups in total. The molecule has 2 aromatic carbocycles. The molecular weight excluding hydrogens is 414 g/mol. The zero-order chi connectivity index (χ0) is 19.7. The number of hydrogen-bond donors (Lipinski definition) is 1. The van der Waals surface area contributed by atoms with Crippen molar-refractivity contribution in [1.82, 2.24) is 0 Å². The van der Waals surface area contributed by atoms with Gasteiger partial charge in [0.15, 0.2) is 23.3 Å². The highest BCUT2D eigenvalue weighted by Crippen LogP contribution is 2.29. The maximum absolute atomic E-state index is 13.5. The first-order valence-corrected chi connectivity index (χ1v) is 7.90. The van der Waals surface area contributed by atoms with Gasteiger partial charge in [0.2, 0.25) is 5.82 Å². The topological polar surface area (TPSA) is 37.5 Å². The Bertz CT molecular complexity index is 1000. The first-order valence-electron chi connectivity index (χ1n) is 7.14. The standard InChI is InChI=1S/C17H7Cl2F5N2O/c18-8-3-7(4-9(19)5-8)11-2-1-10(27-11)6-25-26-17-15(23)13(21)12(20)14(22)16(17)24/h1-6,26H/b25-6-. The van der Waals surface area contributed by atoms with Crippen LogP contribution >= 0.6 is 23.2 Å². The third-order valence-corrected chi connectivity index (χ3v) is 3.79. The van der Waals surface area contributed by atoms with Crippen molar-refractivity contribution < 1.29 is 26.4 Å². The molecule has 0 atom stereocenters. The van der Waals surface area contributed by atoms with Crippen molar-refractivity contribution >= 4 is 35.1 Å². The minimum absolute atomic E-state index is 0.137. The summed E-state index contributed by atoms with van der Waals surface area (Å²) in [4.78, 5) is 0. The van der Waals surface area contributed by atoms with Gasteiger partial charge in [-0.2, -0.15) is 5.10 Å². The van der Waals surface area contributed by atoms with Crippen LogP contribution in [0.2, 0.25) is 10.0 Å². The van der Waals surface area contributed by atoms with Crippen molar-refractivity contribution in [2.24, 2.45) is 5.10 Å². The third-order valence-electron chi connectivity index (χ3n) is 3.35. The molecule has 0 aliphatic carbocycles. The first kappa shape index (κ1) is 19.2. The predicted molar refractivity (Wildman–Crippen MR) is 91.6 cm³/mol. The Morgan fingerprint density at radius 3 is 1.96 bits per heavy atom. The second-order valence-corrected chi connectivity index (χ2v) is 6.05. The molecule has 27 heavy (non-hydrogen) atoms. The number of rotatable bonds is 4. The van der Waals surface area contributed by atoms with Crippen molar-refractivity contribution in [2.45, 2.75) is 0 Å². The fourth-order valence-corrected chi connectivity index (χ4v) is 2.66. The Kier molecular flexibility index (Phi) is 5.38. The number of hydrazone groups is 1. The highest BCUT2D eigenvalue weighted by molar-refractivity contribution is 6.35. The molecule has 0 unspecified atom stereocenters. The van der Waals surface area contributed by atoms with Crippen molar-refractivity contribution in [3.63, 3.8) is 0 Å². The molecule has 0 aliphatic heterocycles. The van der Waals surface area contributed by atoms with E-state index in [0.29, 0.717) is 21.4 Å². The predicted octanol–water partition coefficient (Wildman–Crippen LogP) is 6.39. The van der Waals surface area contributed by atoms with Gasteiger partial charge < -0.3 is 4.42 Å². The molecule has 0 radical (unpaired) electrons. The molecular formula is C17H7Cl2F5N2O. The lowest BCUT2D eigenvalue weighted by molar-refractivity contribution is 0.381. The van der Waals surface area contributed by atoms with Crippen LogP contribution in [-0.2, 0) is 0 Å². The molecule has 3 nitrogen and oxygen atoms in total. The van der Waals surface area contributed by atoms with E-state index in [-0.39, 0.29) is 5.76 Å². The summed E-state index contributed by atoms with van der Waals surface area (Å²) in [7, 11) is 0. The van der Waals surface area contributed by atoms with Crippen molar-refractivity contribution in [3.05, 3.63) is 75.2 Å². The van der Waals surface area contributed by atoms with Gasteiger partial charge in [-0.3, -0.25) is 5.43 Å². The average Bonchev–Trinajstić information content (AvgIpc) is 3.09. The van der Waals surface area contributed by atoms with E-state index in [2.05, 4.69) is 5.10 Å². The number of halogens is 7. The molecule has 0 aliphatic rings. The van der Waals surface area contributed by atoms with E-state index in [1.807, 2.05) is 0 Å². The van der Waals surface area contributed by atoms with E-state index >= 15 is 0 Å². The second kappa shape index (κ2) is 7.58. The van der Waals surface area contributed by atoms with E-state index < -0.39 is 34.8 Å². The van der Waals surface area contributed by atoms with Crippen LogP contribution in [0.25, 0.3) is 11.3 Å². The fourth-order valence-electron chi connectivity index (χ4n) is 2.14. The van der Waals surface area contributed by atoms with Crippen LogP contribution in [0.5, 0.6) is 0 Å². The van der Waals surface area contributed by atoms with E-state index in [4.69, 9.17) is 27.6 Å². The Morgan fingerprint density at radius 2 is 1.37 bits per heavy atom. The molecule has 1 aromatic heterocycles. The summed E-state index contributed by atoms with van der Waals surface area (Å²) in [5, 5.41) is 4.20. The Hall–Kier alpha value is -2.58. The monoisotopic (exact) mass is 420 g/mol. The zero-order valence-corrected chi connectivity index (χ0v) is 14.5. The summed E-state index contributed by atoms with van der Waals surface area (Å²) in [6, 6.07) is 7.75. The first-order chi connectivity index (χ1) is 12.8. The number of furan rings is 1. The number of hydrogen-bond acceptors (Lipinski definition) is 3. The molecule has 0 spiro atoms.